The van der Waals surface area contributed by atoms with Gasteiger partial charge in [-0.25, -0.2) is 5.01 Å². The molecule has 1 aromatic carbocycles. The summed E-state index contributed by atoms with van der Waals surface area (Å²) in [4.78, 5) is 27.6. The number of hydrogen-bond donors (Lipinski definition) is 2. The number of fused-ring (bicyclic) bond motifs is 1. The van der Waals surface area contributed by atoms with E-state index in [1.165, 1.54) is 0 Å². The lowest BCUT2D eigenvalue weighted by Crippen LogP contribution is -2.54. The van der Waals surface area contributed by atoms with Crippen molar-refractivity contribution in [2.45, 2.75) is 51.0 Å². The summed E-state index contributed by atoms with van der Waals surface area (Å²) in [6.07, 6.45) is 3.58. The zero-order valence-corrected chi connectivity index (χ0v) is 16.3. The minimum absolute atomic E-state index is 0.122. The van der Waals surface area contributed by atoms with E-state index in [1.807, 2.05) is 35.9 Å². The average molecular weight is 370 g/mol. The lowest BCUT2D eigenvalue weighted by Gasteiger charge is -2.38. The molecule has 0 saturated carbocycles. The summed E-state index contributed by atoms with van der Waals surface area (Å²) in [7, 11) is 0. The number of amides is 2. The van der Waals surface area contributed by atoms with E-state index in [4.69, 9.17) is 0 Å². The van der Waals surface area contributed by atoms with Crippen molar-refractivity contribution in [3.63, 3.8) is 0 Å². The van der Waals surface area contributed by atoms with E-state index in [0.29, 0.717) is 0 Å². The zero-order chi connectivity index (χ0) is 19.0. The summed E-state index contributed by atoms with van der Waals surface area (Å²) in [5, 5.41) is 5.34. The number of hydrogen-bond acceptors (Lipinski definition) is 4. The number of para-hydroxylation sites is 1. The molecule has 1 aromatic rings. The van der Waals surface area contributed by atoms with Gasteiger partial charge in [0, 0.05) is 30.7 Å². The molecule has 2 N–H and O–H groups in total. The lowest BCUT2D eigenvalue weighted by atomic mass is 9.86. The molecule has 0 aliphatic carbocycles. The molecule has 0 bridgehead atoms. The molecule has 0 atom stereocenters. The maximum absolute atomic E-state index is 13.1. The Morgan fingerprint density at radius 1 is 1.11 bits per heavy atom. The molecule has 6 heteroatoms. The third kappa shape index (κ3) is 3.36. The number of nitrogens with zero attached hydrogens (tertiary/aromatic N) is 2. The van der Waals surface area contributed by atoms with E-state index in [-0.39, 0.29) is 23.8 Å². The van der Waals surface area contributed by atoms with Gasteiger partial charge in [0.2, 0.25) is 11.8 Å². The highest BCUT2D eigenvalue weighted by Crippen LogP contribution is 2.43. The van der Waals surface area contributed by atoms with Crippen LogP contribution in [0.4, 0.5) is 5.69 Å². The molecule has 0 aromatic heterocycles. The van der Waals surface area contributed by atoms with Gasteiger partial charge in [-0.05, 0) is 64.3 Å². The van der Waals surface area contributed by atoms with Gasteiger partial charge in [-0.1, -0.05) is 18.2 Å². The smallest absolute Gasteiger partial charge is 0.237 e. The van der Waals surface area contributed by atoms with Gasteiger partial charge in [0.1, 0.15) is 0 Å². The minimum Gasteiger partial charge on any atom is -0.317 e. The molecular formula is C21H30N4O2. The quantitative estimate of drug-likeness (QED) is 0.852. The first-order valence-corrected chi connectivity index (χ1v) is 10.2. The number of nitrogens with one attached hydrogen (secondary N) is 2. The first-order valence-electron chi connectivity index (χ1n) is 10.2. The molecule has 27 heavy (non-hydrogen) atoms. The van der Waals surface area contributed by atoms with E-state index in [1.54, 1.807) is 0 Å². The van der Waals surface area contributed by atoms with Gasteiger partial charge < -0.3 is 10.2 Å². The fraction of sp³-hybridized carbons (Fsp3) is 0.619. The molecule has 2 fully saturated rings. The Balaban J connectivity index is 1.38. The highest BCUT2D eigenvalue weighted by atomic mass is 16.2. The van der Waals surface area contributed by atoms with Gasteiger partial charge in [-0.3, -0.25) is 15.0 Å². The van der Waals surface area contributed by atoms with Crippen LogP contribution >= 0.6 is 0 Å². The molecule has 0 spiro atoms. The lowest BCUT2D eigenvalue weighted by molar-refractivity contribution is -0.131. The molecule has 2 amide bonds. The third-order valence-corrected chi connectivity index (χ3v) is 6.40. The third-order valence-electron chi connectivity index (χ3n) is 6.40. The van der Waals surface area contributed by atoms with Crippen molar-refractivity contribution in [2.75, 3.05) is 31.1 Å². The summed E-state index contributed by atoms with van der Waals surface area (Å²) in [6.45, 7) is 7.45. The second-order valence-corrected chi connectivity index (χ2v) is 8.54. The van der Waals surface area contributed by atoms with Gasteiger partial charge >= 0.3 is 0 Å². The summed E-state index contributed by atoms with van der Waals surface area (Å²) < 4.78 is 0. The molecule has 0 unspecified atom stereocenters. The van der Waals surface area contributed by atoms with E-state index >= 15 is 0 Å². The van der Waals surface area contributed by atoms with Crippen LogP contribution in [0.5, 0.6) is 0 Å². The van der Waals surface area contributed by atoms with Gasteiger partial charge in [-0.2, -0.15) is 0 Å². The van der Waals surface area contributed by atoms with Crippen molar-refractivity contribution in [1.29, 1.82) is 0 Å². The van der Waals surface area contributed by atoms with Crippen LogP contribution in [0.1, 0.15) is 45.1 Å². The predicted molar refractivity (Wildman–Crippen MR) is 105 cm³/mol. The first kappa shape index (κ1) is 18.4. The predicted octanol–water partition coefficient (Wildman–Crippen LogP) is 1.81. The Bertz CT molecular complexity index is 719. The normalized spacial score (nSPS) is 24.1. The van der Waals surface area contributed by atoms with E-state index in [2.05, 4.69) is 22.9 Å². The Kier molecular flexibility index (Phi) is 4.95. The van der Waals surface area contributed by atoms with Crippen molar-refractivity contribution >= 4 is 17.5 Å². The first-order chi connectivity index (χ1) is 13.0. The van der Waals surface area contributed by atoms with Crippen LogP contribution in [-0.4, -0.2) is 49.0 Å². The van der Waals surface area contributed by atoms with Crippen LogP contribution in [-0.2, 0) is 15.0 Å². The zero-order valence-electron chi connectivity index (χ0n) is 16.3. The maximum atomic E-state index is 13.1. The number of piperidine rings is 2. The Hall–Kier alpha value is -1.92. The minimum atomic E-state index is -0.461. The maximum Gasteiger partial charge on any atom is 0.237 e. The van der Waals surface area contributed by atoms with Gasteiger partial charge in [0.05, 0.1) is 5.41 Å². The number of rotatable bonds is 3. The van der Waals surface area contributed by atoms with Crippen LogP contribution in [0.2, 0.25) is 0 Å². The summed E-state index contributed by atoms with van der Waals surface area (Å²) in [5.41, 5.74) is 4.83. The molecule has 4 rings (SSSR count). The van der Waals surface area contributed by atoms with Crippen LogP contribution in [0.25, 0.3) is 0 Å². The molecule has 0 radical (unpaired) electrons. The van der Waals surface area contributed by atoms with Crippen molar-refractivity contribution in [3.05, 3.63) is 29.8 Å². The number of carbonyl (C=O) groups excluding carboxylic acids is 2. The van der Waals surface area contributed by atoms with Gasteiger partial charge in [-0.15, -0.1) is 0 Å². The van der Waals surface area contributed by atoms with Crippen LogP contribution in [0.3, 0.4) is 0 Å². The van der Waals surface area contributed by atoms with Gasteiger partial charge in [0.15, 0.2) is 0 Å². The number of benzene rings is 1. The van der Waals surface area contributed by atoms with Crippen LogP contribution < -0.4 is 15.6 Å². The van der Waals surface area contributed by atoms with Crippen LogP contribution in [0, 0.1) is 5.92 Å². The fourth-order valence-corrected chi connectivity index (χ4v) is 4.67. The van der Waals surface area contributed by atoms with Crippen LogP contribution in [0.15, 0.2) is 24.3 Å². The summed E-state index contributed by atoms with van der Waals surface area (Å²) >= 11 is 0. The average Bonchev–Trinajstić information content (AvgIpc) is 2.90. The van der Waals surface area contributed by atoms with E-state index in [0.717, 1.165) is 63.1 Å². The fourth-order valence-electron chi connectivity index (χ4n) is 4.67. The SMILES string of the molecule is CC1(C)C(=O)N(C2CCN(NC(=O)C3CCNCC3)CC2)c2ccccc21. The molecule has 3 aliphatic heterocycles. The van der Waals surface area contributed by atoms with E-state index < -0.39 is 5.41 Å². The Morgan fingerprint density at radius 3 is 2.48 bits per heavy atom. The molecular weight excluding hydrogens is 340 g/mol. The standard InChI is InChI=1S/C21H30N4O2/c1-21(2)17-5-3-4-6-18(17)25(20(21)27)16-9-13-24(14-10-16)23-19(26)15-7-11-22-12-8-15/h3-6,15-16,22H,7-14H2,1-2H3,(H,23,26). The highest BCUT2D eigenvalue weighted by molar-refractivity contribution is 6.08. The summed E-state index contributed by atoms with van der Waals surface area (Å²) in [6, 6.07) is 8.35. The van der Waals surface area contributed by atoms with Crippen molar-refractivity contribution in [2.24, 2.45) is 5.92 Å². The number of carbonyl (C=O) groups is 2. The van der Waals surface area contributed by atoms with Crippen molar-refractivity contribution < 1.29 is 9.59 Å². The second-order valence-electron chi connectivity index (χ2n) is 8.54. The topological polar surface area (TPSA) is 64.7 Å². The highest BCUT2D eigenvalue weighted by Gasteiger charge is 2.46. The largest absolute Gasteiger partial charge is 0.317 e. The molecule has 3 aliphatic rings. The summed E-state index contributed by atoms with van der Waals surface area (Å²) in [5.74, 6) is 0.469. The van der Waals surface area contributed by atoms with Gasteiger partial charge in [0.25, 0.3) is 0 Å². The molecule has 146 valence electrons. The monoisotopic (exact) mass is 370 g/mol. The molecule has 2 saturated heterocycles. The number of hydrazine groups is 1. The van der Waals surface area contributed by atoms with Crippen molar-refractivity contribution in [1.82, 2.24) is 15.8 Å². The molecule has 3 heterocycles. The Labute approximate surface area is 161 Å². The number of anilines is 1. The van der Waals surface area contributed by atoms with Crippen molar-refractivity contribution in [3.8, 4) is 0 Å². The second kappa shape index (κ2) is 7.24. The van der Waals surface area contributed by atoms with E-state index in [9.17, 15) is 9.59 Å². The molecule has 6 nitrogen and oxygen atoms in total. The Morgan fingerprint density at radius 2 is 1.78 bits per heavy atom.